The van der Waals surface area contributed by atoms with Crippen LogP contribution in [-0.2, 0) is 4.79 Å². The highest BCUT2D eigenvalue weighted by atomic mass is 32.1. The van der Waals surface area contributed by atoms with Gasteiger partial charge in [0.25, 0.3) is 5.91 Å². The number of rotatable bonds is 2. The van der Waals surface area contributed by atoms with E-state index in [2.05, 4.69) is 5.32 Å². The molecule has 2 bridgehead atoms. The van der Waals surface area contributed by atoms with Crippen molar-refractivity contribution in [2.24, 2.45) is 0 Å². The molecule has 3 aliphatic heterocycles. The lowest BCUT2D eigenvalue weighted by Gasteiger charge is -2.31. The Hall–Kier alpha value is -1.40. The highest BCUT2D eigenvalue weighted by molar-refractivity contribution is 7.12. The number of carbonyl (C=O) groups excluding carboxylic acids is 2. The van der Waals surface area contributed by atoms with Crippen molar-refractivity contribution in [3.8, 4) is 0 Å². The molecule has 0 aromatic carbocycles. The Morgan fingerprint density at radius 1 is 1.13 bits per heavy atom. The number of amides is 2. The van der Waals surface area contributed by atoms with Gasteiger partial charge in [0.2, 0.25) is 5.91 Å². The molecular formula is C17H23N3O2S. The lowest BCUT2D eigenvalue weighted by atomic mass is 10.1. The Bertz CT molecular complexity index is 589. The molecule has 124 valence electrons. The van der Waals surface area contributed by atoms with Gasteiger partial charge in [0.15, 0.2) is 0 Å². The zero-order valence-electron chi connectivity index (χ0n) is 13.2. The summed E-state index contributed by atoms with van der Waals surface area (Å²) < 4.78 is 0. The first kappa shape index (κ1) is 15.1. The molecule has 0 saturated carbocycles. The van der Waals surface area contributed by atoms with Crippen molar-refractivity contribution in [1.82, 2.24) is 15.1 Å². The van der Waals surface area contributed by atoms with Gasteiger partial charge in [-0.2, -0.15) is 0 Å². The van der Waals surface area contributed by atoms with E-state index < -0.39 is 0 Å². The van der Waals surface area contributed by atoms with E-state index in [0.717, 1.165) is 43.6 Å². The van der Waals surface area contributed by atoms with Crippen molar-refractivity contribution in [2.75, 3.05) is 19.6 Å². The van der Waals surface area contributed by atoms with Crippen molar-refractivity contribution >= 4 is 23.2 Å². The molecule has 3 unspecified atom stereocenters. The van der Waals surface area contributed by atoms with E-state index in [-0.39, 0.29) is 17.9 Å². The van der Waals surface area contributed by atoms with Gasteiger partial charge in [-0.25, -0.2) is 0 Å². The van der Waals surface area contributed by atoms with Crippen LogP contribution in [0.2, 0.25) is 0 Å². The highest BCUT2D eigenvalue weighted by Gasteiger charge is 2.39. The van der Waals surface area contributed by atoms with Crippen LogP contribution >= 0.6 is 11.3 Å². The number of nitrogens with one attached hydrogen (secondary N) is 1. The second-order valence-electron chi connectivity index (χ2n) is 6.84. The monoisotopic (exact) mass is 333 g/mol. The summed E-state index contributed by atoms with van der Waals surface area (Å²) in [6.45, 7) is 2.32. The minimum atomic E-state index is -0.263. The predicted molar refractivity (Wildman–Crippen MR) is 89.5 cm³/mol. The standard InChI is InChI=1S/C17H23N3O2S/c21-16(19-9-7-12-5-6-13(11-19)18-12)14-3-1-8-20(14)17(22)15-4-2-10-23-15/h2,4,10,12-14,18H,1,3,5-9,11H2. The quantitative estimate of drug-likeness (QED) is 0.896. The summed E-state index contributed by atoms with van der Waals surface area (Å²) in [5.74, 6) is 0.173. The van der Waals surface area contributed by atoms with E-state index in [1.54, 1.807) is 4.90 Å². The average Bonchev–Trinajstić information content (AvgIpc) is 3.26. The summed E-state index contributed by atoms with van der Waals surface area (Å²) in [5.41, 5.74) is 0. The van der Waals surface area contributed by atoms with E-state index in [9.17, 15) is 9.59 Å². The van der Waals surface area contributed by atoms with E-state index in [1.807, 2.05) is 22.4 Å². The molecule has 3 saturated heterocycles. The third-order valence-electron chi connectivity index (χ3n) is 5.37. The smallest absolute Gasteiger partial charge is 0.264 e. The molecule has 5 nitrogen and oxygen atoms in total. The second kappa shape index (κ2) is 6.24. The molecule has 4 heterocycles. The van der Waals surface area contributed by atoms with Crippen LogP contribution in [0, 0.1) is 0 Å². The van der Waals surface area contributed by atoms with Crippen molar-refractivity contribution in [3.05, 3.63) is 22.4 Å². The Morgan fingerprint density at radius 2 is 2.00 bits per heavy atom. The van der Waals surface area contributed by atoms with Crippen LogP contribution < -0.4 is 5.32 Å². The van der Waals surface area contributed by atoms with Gasteiger partial charge in [-0.15, -0.1) is 11.3 Å². The zero-order chi connectivity index (χ0) is 15.8. The molecule has 3 fully saturated rings. The number of carbonyl (C=O) groups is 2. The maximum Gasteiger partial charge on any atom is 0.264 e. The fourth-order valence-electron chi connectivity index (χ4n) is 4.16. The lowest BCUT2D eigenvalue weighted by Crippen LogP contribution is -2.49. The maximum atomic E-state index is 13.0. The molecule has 2 amide bonds. The van der Waals surface area contributed by atoms with Crippen LogP contribution in [0.25, 0.3) is 0 Å². The van der Waals surface area contributed by atoms with E-state index >= 15 is 0 Å². The van der Waals surface area contributed by atoms with E-state index in [4.69, 9.17) is 0 Å². The number of nitrogens with zero attached hydrogens (tertiary/aromatic N) is 2. The van der Waals surface area contributed by atoms with Crippen molar-refractivity contribution in [3.63, 3.8) is 0 Å². The Balaban J connectivity index is 1.47. The predicted octanol–water partition coefficient (Wildman–Crippen LogP) is 1.71. The summed E-state index contributed by atoms with van der Waals surface area (Å²) in [6.07, 6.45) is 5.16. The topological polar surface area (TPSA) is 52.7 Å². The summed E-state index contributed by atoms with van der Waals surface area (Å²) >= 11 is 1.45. The third-order valence-corrected chi connectivity index (χ3v) is 6.22. The zero-order valence-corrected chi connectivity index (χ0v) is 14.1. The molecule has 6 heteroatoms. The molecule has 1 aromatic heterocycles. The molecule has 3 atom stereocenters. The Morgan fingerprint density at radius 3 is 2.83 bits per heavy atom. The van der Waals surface area contributed by atoms with Gasteiger partial charge in [0, 0.05) is 31.7 Å². The maximum absolute atomic E-state index is 13.0. The molecule has 0 aliphatic carbocycles. The van der Waals surface area contributed by atoms with Crippen LogP contribution in [0.4, 0.5) is 0 Å². The van der Waals surface area contributed by atoms with Gasteiger partial charge < -0.3 is 15.1 Å². The minimum Gasteiger partial charge on any atom is -0.339 e. The first-order valence-corrected chi connectivity index (χ1v) is 9.49. The number of hydrogen-bond acceptors (Lipinski definition) is 4. The second-order valence-corrected chi connectivity index (χ2v) is 7.79. The number of thiophene rings is 1. The molecular weight excluding hydrogens is 310 g/mol. The van der Waals surface area contributed by atoms with Crippen LogP contribution in [0.3, 0.4) is 0 Å². The van der Waals surface area contributed by atoms with Crippen LogP contribution in [0.5, 0.6) is 0 Å². The lowest BCUT2D eigenvalue weighted by molar-refractivity contribution is -0.135. The first-order valence-electron chi connectivity index (χ1n) is 8.61. The largest absolute Gasteiger partial charge is 0.339 e. The molecule has 1 N–H and O–H groups in total. The van der Waals surface area contributed by atoms with Gasteiger partial charge in [0.1, 0.15) is 6.04 Å². The van der Waals surface area contributed by atoms with Crippen molar-refractivity contribution < 1.29 is 9.59 Å². The fourth-order valence-corrected chi connectivity index (χ4v) is 4.84. The average molecular weight is 333 g/mol. The molecule has 1 aromatic rings. The Labute approximate surface area is 140 Å². The summed E-state index contributed by atoms with van der Waals surface area (Å²) in [6, 6.07) is 4.49. The SMILES string of the molecule is O=C(C1CCCN1C(=O)c1cccs1)N1CCC2CCC(C1)N2. The van der Waals surface area contributed by atoms with Crippen LogP contribution in [0.1, 0.15) is 41.8 Å². The first-order chi connectivity index (χ1) is 11.2. The number of fused-ring (bicyclic) bond motifs is 2. The molecule has 0 radical (unpaired) electrons. The van der Waals surface area contributed by atoms with E-state index in [0.29, 0.717) is 18.6 Å². The highest BCUT2D eigenvalue weighted by Crippen LogP contribution is 2.26. The van der Waals surface area contributed by atoms with Gasteiger partial charge >= 0.3 is 0 Å². The van der Waals surface area contributed by atoms with Crippen molar-refractivity contribution in [2.45, 2.75) is 50.2 Å². The van der Waals surface area contributed by atoms with Gasteiger partial charge in [0.05, 0.1) is 4.88 Å². The van der Waals surface area contributed by atoms with Gasteiger partial charge in [-0.3, -0.25) is 9.59 Å². The molecule has 3 aliphatic rings. The third kappa shape index (κ3) is 2.90. The molecule has 4 rings (SSSR count). The minimum absolute atomic E-state index is 0.0188. The fraction of sp³-hybridized carbons (Fsp3) is 0.647. The number of likely N-dealkylation sites (tertiary alicyclic amines) is 2. The van der Waals surface area contributed by atoms with Crippen molar-refractivity contribution in [1.29, 1.82) is 0 Å². The van der Waals surface area contributed by atoms with Crippen LogP contribution in [0.15, 0.2) is 17.5 Å². The van der Waals surface area contributed by atoms with Gasteiger partial charge in [-0.05, 0) is 43.6 Å². The van der Waals surface area contributed by atoms with Crippen LogP contribution in [-0.4, -0.2) is 59.4 Å². The number of hydrogen-bond donors (Lipinski definition) is 1. The summed E-state index contributed by atoms with van der Waals surface area (Å²) in [5, 5.41) is 5.53. The Kier molecular flexibility index (Phi) is 4.11. The summed E-state index contributed by atoms with van der Waals surface area (Å²) in [7, 11) is 0. The van der Waals surface area contributed by atoms with E-state index in [1.165, 1.54) is 17.8 Å². The normalized spacial score (nSPS) is 30.5. The summed E-state index contributed by atoms with van der Waals surface area (Å²) in [4.78, 5) is 30.2. The van der Waals surface area contributed by atoms with Gasteiger partial charge in [-0.1, -0.05) is 6.07 Å². The molecule has 0 spiro atoms. The molecule has 23 heavy (non-hydrogen) atoms.